The van der Waals surface area contributed by atoms with E-state index < -0.39 is 24.0 Å². The summed E-state index contributed by atoms with van der Waals surface area (Å²) in [6, 6.07) is 22.9. The van der Waals surface area contributed by atoms with E-state index in [2.05, 4.69) is 13.0 Å². The summed E-state index contributed by atoms with van der Waals surface area (Å²) in [4.78, 5) is 34.8. The van der Waals surface area contributed by atoms with Crippen LogP contribution < -0.4 is 19.4 Å². The number of benzene rings is 3. The first kappa shape index (κ1) is 25.3. The average molecular weight is 512 g/mol. The standard InChI is InChI=1S/C30H29N3O5/c1-3-5-17-37-24-16-13-21(18-25(24)36-4-2)27-26-28(38-33(27)23-9-7-6-8-10-23)30(35)32(29(26)34)22-14-11-20(19-31)12-15-22/h6-16,18,26-28H,3-5,17H2,1-2H3. The van der Waals surface area contributed by atoms with Crippen LogP contribution in [0.2, 0.25) is 0 Å². The van der Waals surface area contributed by atoms with Crippen molar-refractivity contribution in [3.8, 4) is 17.6 Å². The Bertz CT molecular complexity index is 1350. The van der Waals surface area contributed by atoms with E-state index in [1.54, 1.807) is 29.3 Å². The van der Waals surface area contributed by atoms with Gasteiger partial charge in [-0.1, -0.05) is 37.6 Å². The number of anilines is 2. The molecule has 0 N–H and O–H groups in total. The van der Waals surface area contributed by atoms with Crippen LogP contribution in [0.5, 0.6) is 11.5 Å². The van der Waals surface area contributed by atoms with Crippen molar-refractivity contribution >= 4 is 23.2 Å². The molecule has 8 heteroatoms. The van der Waals surface area contributed by atoms with Gasteiger partial charge in [0.25, 0.3) is 5.91 Å². The van der Waals surface area contributed by atoms with Gasteiger partial charge >= 0.3 is 0 Å². The molecule has 5 rings (SSSR count). The van der Waals surface area contributed by atoms with Gasteiger partial charge in [-0.3, -0.25) is 14.4 Å². The van der Waals surface area contributed by atoms with Gasteiger partial charge in [-0.15, -0.1) is 0 Å². The summed E-state index contributed by atoms with van der Waals surface area (Å²) in [5, 5.41) is 10.8. The largest absolute Gasteiger partial charge is 0.490 e. The molecular formula is C30H29N3O5. The quantitative estimate of drug-likeness (QED) is 0.288. The van der Waals surface area contributed by atoms with Gasteiger partial charge in [-0.2, -0.15) is 5.26 Å². The molecule has 3 unspecified atom stereocenters. The van der Waals surface area contributed by atoms with E-state index in [4.69, 9.17) is 19.6 Å². The maximum Gasteiger partial charge on any atom is 0.266 e. The first-order valence-corrected chi connectivity index (χ1v) is 12.9. The summed E-state index contributed by atoms with van der Waals surface area (Å²) >= 11 is 0. The normalized spacial score (nSPS) is 20.4. The molecule has 2 amide bonds. The summed E-state index contributed by atoms with van der Waals surface area (Å²) in [6.07, 6.45) is 0.957. The van der Waals surface area contributed by atoms with Crippen LogP contribution in [0.4, 0.5) is 11.4 Å². The second-order valence-electron chi connectivity index (χ2n) is 9.17. The van der Waals surface area contributed by atoms with Crippen molar-refractivity contribution in [2.24, 2.45) is 5.92 Å². The van der Waals surface area contributed by atoms with E-state index in [0.29, 0.717) is 36.0 Å². The lowest BCUT2D eigenvalue weighted by Crippen LogP contribution is -2.37. The number of ether oxygens (including phenoxy) is 2. The number of imide groups is 1. The topological polar surface area (TPSA) is 92.1 Å². The number of amides is 2. The van der Waals surface area contributed by atoms with Gasteiger partial charge < -0.3 is 9.47 Å². The van der Waals surface area contributed by atoms with E-state index in [1.165, 1.54) is 0 Å². The number of rotatable bonds is 9. The number of carbonyl (C=O) groups excluding carboxylic acids is 2. The van der Waals surface area contributed by atoms with Gasteiger partial charge in [-0.05, 0) is 67.4 Å². The zero-order chi connectivity index (χ0) is 26.6. The summed E-state index contributed by atoms with van der Waals surface area (Å²) in [6.45, 7) is 5.04. The first-order valence-electron chi connectivity index (χ1n) is 12.9. The van der Waals surface area contributed by atoms with Gasteiger partial charge in [0, 0.05) is 0 Å². The fourth-order valence-electron chi connectivity index (χ4n) is 4.91. The molecule has 0 saturated carbocycles. The number of hydroxylamine groups is 1. The molecule has 0 aliphatic carbocycles. The third-order valence-electron chi connectivity index (χ3n) is 6.75. The lowest BCUT2D eigenvalue weighted by atomic mass is 9.90. The number of hydrogen-bond acceptors (Lipinski definition) is 7. The Hall–Kier alpha value is -4.35. The fraction of sp³-hybridized carbons (Fsp3) is 0.300. The van der Waals surface area contributed by atoms with Crippen molar-refractivity contribution in [3.05, 3.63) is 83.9 Å². The fourth-order valence-corrected chi connectivity index (χ4v) is 4.91. The van der Waals surface area contributed by atoms with Crippen LogP contribution in [0.1, 0.15) is 43.9 Å². The molecule has 0 bridgehead atoms. The van der Waals surface area contributed by atoms with Crippen LogP contribution in [0, 0.1) is 17.2 Å². The zero-order valence-corrected chi connectivity index (χ0v) is 21.4. The number of nitriles is 1. The highest BCUT2D eigenvalue weighted by atomic mass is 16.7. The number of nitrogens with zero attached hydrogens (tertiary/aromatic N) is 3. The second-order valence-corrected chi connectivity index (χ2v) is 9.17. The number of para-hydroxylation sites is 1. The Kier molecular flexibility index (Phi) is 7.29. The predicted octanol–water partition coefficient (Wildman–Crippen LogP) is 5.19. The predicted molar refractivity (Wildman–Crippen MR) is 142 cm³/mol. The third kappa shape index (κ3) is 4.57. The van der Waals surface area contributed by atoms with Gasteiger partial charge in [0.1, 0.15) is 5.92 Å². The minimum absolute atomic E-state index is 0.352. The van der Waals surface area contributed by atoms with Gasteiger partial charge in [0.05, 0.1) is 42.3 Å². The Morgan fingerprint density at radius 3 is 2.34 bits per heavy atom. The van der Waals surface area contributed by atoms with Crippen LogP contribution in [0.3, 0.4) is 0 Å². The van der Waals surface area contributed by atoms with Crippen LogP contribution >= 0.6 is 0 Å². The molecule has 2 saturated heterocycles. The van der Waals surface area contributed by atoms with Gasteiger partial charge in [0.15, 0.2) is 17.6 Å². The lowest BCUT2D eigenvalue weighted by molar-refractivity contribution is -0.126. The van der Waals surface area contributed by atoms with Gasteiger partial charge in [0.2, 0.25) is 5.91 Å². The SMILES string of the molecule is CCCCOc1ccc(C2C3C(=O)N(c4ccc(C#N)cc4)C(=O)C3ON2c2ccccc2)cc1OCC. The molecule has 0 spiro atoms. The highest BCUT2D eigenvalue weighted by Crippen LogP contribution is 2.48. The molecule has 2 aliphatic heterocycles. The minimum Gasteiger partial charge on any atom is -0.490 e. The summed E-state index contributed by atoms with van der Waals surface area (Å²) in [5.41, 5.74) is 2.37. The second kappa shape index (κ2) is 11.0. The van der Waals surface area contributed by atoms with E-state index in [-0.39, 0.29) is 5.91 Å². The molecule has 38 heavy (non-hydrogen) atoms. The first-order chi connectivity index (χ1) is 18.6. The summed E-state index contributed by atoms with van der Waals surface area (Å²) in [7, 11) is 0. The van der Waals surface area contributed by atoms with E-state index >= 15 is 0 Å². The molecular weight excluding hydrogens is 482 g/mol. The molecule has 2 heterocycles. The highest BCUT2D eigenvalue weighted by Gasteiger charge is 2.60. The molecule has 3 atom stereocenters. The molecule has 194 valence electrons. The summed E-state index contributed by atoms with van der Waals surface area (Å²) in [5.74, 6) is -0.344. The zero-order valence-electron chi connectivity index (χ0n) is 21.4. The molecule has 2 fully saturated rings. The Morgan fingerprint density at radius 2 is 1.66 bits per heavy atom. The molecule has 2 aliphatic rings. The molecule has 0 aromatic heterocycles. The maximum atomic E-state index is 13.8. The van der Waals surface area contributed by atoms with Crippen molar-refractivity contribution in [1.29, 1.82) is 5.26 Å². The summed E-state index contributed by atoms with van der Waals surface area (Å²) < 4.78 is 11.9. The molecule has 8 nitrogen and oxygen atoms in total. The number of hydrogen-bond donors (Lipinski definition) is 0. The average Bonchev–Trinajstić information content (AvgIpc) is 3.46. The van der Waals surface area contributed by atoms with E-state index in [0.717, 1.165) is 29.0 Å². The van der Waals surface area contributed by atoms with Crippen molar-refractivity contribution in [2.75, 3.05) is 23.2 Å². The molecule has 3 aromatic rings. The monoisotopic (exact) mass is 511 g/mol. The minimum atomic E-state index is -0.987. The molecule has 3 aromatic carbocycles. The van der Waals surface area contributed by atoms with E-state index in [9.17, 15) is 9.59 Å². The molecule has 0 radical (unpaired) electrons. The maximum absolute atomic E-state index is 13.8. The highest BCUT2D eigenvalue weighted by molar-refractivity contribution is 6.23. The van der Waals surface area contributed by atoms with Crippen molar-refractivity contribution < 1.29 is 23.9 Å². The smallest absolute Gasteiger partial charge is 0.266 e. The van der Waals surface area contributed by atoms with Crippen molar-refractivity contribution in [2.45, 2.75) is 38.8 Å². The van der Waals surface area contributed by atoms with Crippen molar-refractivity contribution in [3.63, 3.8) is 0 Å². The van der Waals surface area contributed by atoms with Crippen LogP contribution in [0.15, 0.2) is 72.8 Å². The van der Waals surface area contributed by atoms with Crippen molar-refractivity contribution in [1.82, 2.24) is 0 Å². The van der Waals surface area contributed by atoms with Crippen LogP contribution in [0.25, 0.3) is 0 Å². The number of unbranched alkanes of at least 4 members (excludes halogenated alkanes) is 1. The third-order valence-corrected chi connectivity index (χ3v) is 6.75. The van der Waals surface area contributed by atoms with Crippen LogP contribution in [-0.4, -0.2) is 31.1 Å². The number of fused-ring (bicyclic) bond motifs is 1. The van der Waals surface area contributed by atoms with Gasteiger partial charge in [-0.25, -0.2) is 9.96 Å². The number of carbonyl (C=O) groups is 2. The Labute approximate surface area is 221 Å². The Balaban J connectivity index is 1.54. The Morgan fingerprint density at radius 1 is 0.895 bits per heavy atom. The lowest BCUT2D eigenvalue weighted by Gasteiger charge is -2.29. The van der Waals surface area contributed by atoms with Crippen LogP contribution in [-0.2, 0) is 14.4 Å². The van der Waals surface area contributed by atoms with E-state index in [1.807, 2.05) is 55.5 Å².